The lowest BCUT2D eigenvalue weighted by Gasteiger charge is -2.30. The van der Waals surface area contributed by atoms with E-state index < -0.39 is 0 Å². The lowest BCUT2D eigenvalue weighted by Crippen LogP contribution is -2.38. The van der Waals surface area contributed by atoms with E-state index in [2.05, 4.69) is 45.6 Å². The van der Waals surface area contributed by atoms with E-state index in [0.29, 0.717) is 6.54 Å². The summed E-state index contributed by atoms with van der Waals surface area (Å²) in [7, 11) is 0. The minimum absolute atomic E-state index is 0.352. The quantitative estimate of drug-likeness (QED) is 0.889. The van der Waals surface area contributed by atoms with Gasteiger partial charge in [0.05, 0.1) is 12.6 Å². The van der Waals surface area contributed by atoms with Gasteiger partial charge in [-0.25, -0.2) is 4.98 Å². The summed E-state index contributed by atoms with van der Waals surface area (Å²) in [4.78, 5) is 6.72. The fraction of sp³-hybridized carbons (Fsp3) is 0.500. The lowest BCUT2D eigenvalue weighted by molar-refractivity contribution is 0.0911. The van der Waals surface area contributed by atoms with Gasteiger partial charge >= 0.3 is 0 Å². The molecule has 4 heteroatoms. The van der Waals surface area contributed by atoms with Crippen LogP contribution in [0.3, 0.4) is 0 Å². The Kier molecular flexibility index (Phi) is 4.90. The third-order valence-corrected chi connectivity index (χ3v) is 4.36. The average Bonchev–Trinajstić information content (AvgIpc) is 2.94. The number of imidazole rings is 1. The van der Waals surface area contributed by atoms with Crippen LogP contribution in [0.2, 0.25) is 0 Å². The van der Waals surface area contributed by atoms with Gasteiger partial charge in [0.15, 0.2) is 0 Å². The summed E-state index contributed by atoms with van der Waals surface area (Å²) in [5.74, 6) is 1.07. The Hall–Kier alpha value is -1.65. The SMILES string of the molecule is CCCc1nccn1C[C@H](O)CN1CCc2ccccc2C1. The molecule has 1 aromatic carbocycles. The highest BCUT2D eigenvalue weighted by molar-refractivity contribution is 5.29. The van der Waals surface area contributed by atoms with Crippen molar-refractivity contribution in [3.8, 4) is 0 Å². The first-order valence-corrected chi connectivity index (χ1v) is 8.23. The zero-order chi connectivity index (χ0) is 15.4. The van der Waals surface area contributed by atoms with Gasteiger partial charge in [-0.2, -0.15) is 0 Å². The second-order valence-corrected chi connectivity index (χ2v) is 6.15. The Morgan fingerprint density at radius 1 is 1.23 bits per heavy atom. The van der Waals surface area contributed by atoms with Crippen molar-refractivity contribution < 1.29 is 5.11 Å². The number of aromatic nitrogens is 2. The molecule has 2 heterocycles. The topological polar surface area (TPSA) is 41.3 Å². The van der Waals surface area contributed by atoms with Gasteiger partial charge in [-0.05, 0) is 24.0 Å². The zero-order valence-electron chi connectivity index (χ0n) is 13.3. The first-order valence-electron chi connectivity index (χ1n) is 8.23. The monoisotopic (exact) mass is 299 g/mol. The van der Waals surface area contributed by atoms with E-state index in [0.717, 1.165) is 44.7 Å². The Morgan fingerprint density at radius 2 is 2.05 bits per heavy atom. The minimum Gasteiger partial charge on any atom is -0.390 e. The van der Waals surface area contributed by atoms with Crippen molar-refractivity contribution in [3.63, 3.8) is 0 Å². The number of hydrogen-bond donors (Lipinski definition) is 1. The summed E-state index contributed by atoms with van der Waals surface area (Å²) in [6, 6.07) is 8.62. The molecule has 0 fully saturated rings. The highest BCUT2D eigenvalue weighted by Gasteiger charge is 2.19. The number of β-amino-alcohol motifs (C(OH)–C–C–N with tert-alkyl or cyclic N) is 1. The molecule has 0 unspecified atom stereocenters. The summed E-state index contributed by atoms with van der Waals surface area (Å²) in [5.41, 5.74) is 2.85. The summed E-state index contributed by atoms with van der Waals surface area (Å²) in [5, 5.41) is 10.4. The predicted molar refractivity (Wildman–Crippen MR) is 87.7 cm³/mol. The molecule has 4 nitrogen and oxygen atoms in total. The highest BCUT2D eigenvalue weighted by Crippen LogP contribution is 2.18. The van der Waals surface area contributed by atoms with Crippen LogP contribution >= 0.6 is 0 Å². The number of aryl methyl sites for hydroxylation is 1. The molecule has 1 atom stereocenters. The molecule has 22 heavy (non-hydrogen) atoms. The van der Waals surface area contributed by atoms with Gasteiger partial charge in [-0.15, -0.1) is 0 Å². The number of hydrogen-bond acceptors (Lipinski definition) is 3. The summed E-state index contributed by atoms with van der Waals surface area (Å²) in [6.45, 7) is 5.48. The van der Waals surface area contributed by atoms with Crippen molar-refractivity contribution in [1.29, 1.82) is 0 Å². The van der Waals surface area contributed by atoms with Crippen LogP contribution in [0.4, 0.5) is 0 Å². The molecule has 118 valence electrons. The second kappa shape index (κ2) is 7.07. The molecule has 0 saturated heterocycles. The van der Waals surface area contributed by atoms with E-state index in [1.807, 2.05) is 12.4 Å². The molecule has 0 bridgehead atoms. The smallest absolute Gasteiger partial charge is 0.108 e. The molecule has 1 N–H and O–H groups in total. The van der Waals surface area contributed by atoms with Crippen LogP contribution in [0.5, 0.6) is 0 Å². The molecule has 3 rings (SSSR count). The molecule has 1 aliphatic heterocycles. The number of rotatable bonds is 6. The maximum Gasteiger partial charge on any atom is 0.108 e. The first kappa shape index (κ1) is 15.3. The number of fused-ring (bicyclic) bond motifs is 1. The van der Waals surface area contributed by atoms with Crippen LogP contribution in [0.15, 0.2) is 36.7 Å². The molecular formula is C18H25N3O. The Morgan fingerprint density at radius 3 is 2.86 bits per heavy atom. The van der Waals surface area contributed by atoms with E-state index in [1.54, 1.807) is 0 Å². The Labute approximate surface area is 132 Å². The second-order valence-electron chi connectivity index (χ2n) is 6.15. The molecule has 0 saturated carbocycles. The van der Waals surface area contributed by atoms with E-state index in [9.17, 15) is 5.11 Å². The van der Waals surface area contributed by atoms with Crippen LogP contribution in [-0.2, 0) is 25.9 Å². The summed E-state index contributed by atoms with van der Waals surface area (Å²) in [6.07, 6.45) is 6.58. The molecule has 1 aromatic heterocycles. The molecular weight excluding hydrogens is 274 g/mol. The molecule has 0 radical (unpaired) electrons. The number of nitrogens with zero attached hydrogens (tertiary/aromatic N) is 3. The van der Waals surface area contributed by atoms with Crippen LogP contribution in [0.25, 0.3) is 0 Å². The van der Waals surface area contributed by atoms with Gasteiger partial charge in [0, 0.05) is 38.4 Å². The van der Waals surface area contributed by atoms with Crippen molar-refractivity contribution in [2.24, 2.45) is 0 Å². The number of aliphatic hydroxyl groups excluding tert-OH is 1. The summed E-state index contributed by atoms with van der Waals surface area (Å²) < 4.78 is 2.09. The molecule has 0 amide bonds. The molecule has 2 aromatic rings. The largest absolute Gasteiger partial charge is 0.390 e. The van der Waals surface area contributed by atoms with Gasteiger partial charge in [0.1, 0.15) is 5.82 Å². The maximum absolute atomic E-state index is 10.4. The minimum atomic E-state index is -0.352. The van der Waals surface area contributed by atoms with Crippen LogP contribution < -0.4 is 0 Å². The van der Waals surface area contributed by atoms with E-state index in [4.69, 9.17) is 0 Å². The third-order valence-electron chi connectivity index (χ3n) is 4.36. The lowest BCUT2D eigenvalue weighted by atomic mass is 10.00. The van der Waals surface area contributed by atoms with Crippen LogP contribution in [-0.4, -0.2) is 38.8 Å². The van der Waals surface area contributed by atoms with E-state index in [1.165, 1.54) is 11.1 Å². The fourth-order valence-corrected chi connectivity index (χ4v) is 3.25. The van der Waals surface area contributed by atoms with E-state index in [-0.39, 0.29) is 6.10 Å². The standard InChI is InChI=1S/C18H25N3O/c1-2-5-18-19-9-11-21(18)14-17(22)13-20-10-8-15-6-3-4-7-16(15)12-20/h3-4,6-7,9,11,17,22H,2,5,8,10,12-14H2,1H3/t17-/m1/s1. The third kappa shape index (κ3) is 3.57. The predicted octanol–water partition coefficient (Wildman–Crippen LogP) is 2.25. The normalized spacial score (nSPS) is 16.5. The molecule has 0 aliphatic carbocycles. The zero-order valence-corrected chi connectivity index (χ0v) is 13.3. The van der Waals surface area contributed by atoms with Gasteiger partial charge < -0.3 is 9.67 Å². The fourth-order valence-electron chi connectivity index (χ4n) is 3.25. The van der Waals surface area contributed by atoms with Gasteiger partial charge in [0.25, 0.3) is 0 Å². The Bertz CT molecular complexity index is 608. The molecule has 0 spiro atoms. The van der Waals surface area contributed by atoms with Crippen molar-refractivity contribution in [3.05, 3.63) is 53.6 Å². The van der Waals surface area contributed by atoms with Crippen molar-refractivity contribution in [2.75, 3.05) is 13.1 Å². The maximum atomic E-state index is 10.4. The van der Waals surface area contributed by atoms with Crippen molar-refractivity contribution >= 4 is 0 Å². The Balaban J connectivity index is 1.56. The van der Waals surface area contributed by atoms with Crippen molar-refractivity contribution in [1.82, 2.24) is 14.5 Å². The average molecular weight is 299 g/mol. The highest BCUT2D eigenvalue weighted by atomic mass is 16.3. The van der Waals surface area contributed by atoms with Crippen molar-refractivity contribution in [2.45, 2.75) is 45.4 Å². The summed E-state index contributed by atoms with van der Waals surface area (Å²) >= 11 is 0. The van der Waals surface area contributed by atoms with Gasteiger partial charge in [0.2, 0.25) is 0 Å². The number of benzene rings is 1. The first-order chi connectivity index (χ1) is 10.8. The van der Waals surface area contributed by atoms with Crippen LogP contribution in [0.1, 0.15) is 30.3 Å². The van der Waals surface area contributed by atoms with Gasteiger partial charge in [-0.1, -0.05) is 31.2 Å². The number of aliphatic hydroxyl groups is 1. The van der Waals surface area contributed by atoms with E-state index >= 15 is 0 Å². The molecule has 1 aliphatic rings. The van der Waals surface area contributed by atoms with Crippen LogP contribution in [0, 0.1) is 0 Å². The van der Waals surface area contributed by atoms with Gasteiger partial charge in [-0.3, -0.25) is 4.90 Å².